The number of allylic oxidation sites excluding steroid dienone is 1. The SMILES string of the molecule is CCCCCCOC(=O)/C=C/[C@]1(CO)C/C(=C/CC(C(C)C)C(C)C)C(=O)O1. The number of esters is 2. The molecule has 1 atom stereocenters. The first-order valence-corrected chi connectivity index (χ1v) is 10.6. The molecule has 0 saturated carbocycles. The van der Waals surface area contributed by atoms with Crippen molar-refractivity contribution in [2.45, 2.75) is 78.7 Å². The maximum atomic E-state index is 12.3. The van der Waals surface area contributed by atoms with Crippen molar-refractivity contribution in [3.8, 4) is 0 Å². The number of carbonyl (C=O) groups excluding carboxylic acids is 2. The first kappa shape index (κ1) is 24.4. The predicted octanol–water partition coefficient (Wildman–Crippen LogP) is 4.59. The molecule has 1 aliphatic heterocycles. The summed E-state index contributed by atoms with van der Waals surface area (Å²) in [4.78, 5) is 24.1. The summed E-state index contributed by atoms with van der Waals surface area (Å²) in [7, 11) is 0. The third kappa shape index (κ3) is 7.78. The molecule has 160 valence electrons. The van der Waals surface area contributed by atoms with E-state index in [9.17, 15) is 14.7 Å². The molecule has 0 amide bonds. The minimum absolute atomic E-state index is 0.269. The van der Waals surface area contributed by atoms with Crippen LogP contribution in [-0.4, -0.2) is 35.9 Å². The lowest BCUT2D eigenvalue weighted by Crippen LogP contribution is -2.30. The Kier molecular flexibility index (Phi) is 10.5. The van der Waals surface area contributed by atoms with Gasteiger partial charge in [-0.25, -0.2) is 9.59 Å². The highest BCUT2D eigenvalue weighted by atomic mass is 16.6. The third-order valence-corrected chi connectivity index (χ3v) is 5.43. The van der Waals surface area contributed by atoms with Crippen molar-refractivity contribution in [3.63, 3.8) is 0 Å². The second kappa shape index (κ2) is 12.1. The maximum Gasteiger partial charge on any atom is 0.334 e. The molecular weight excluding hydrogens is 356 g/mol. The van der Waals surface area contributed by atoms with Gasteiger partial charge in [0.15, 0.2) is 5.60 Å². The average Bonchev–Trinajstić information content (AvgIpc) is 2.96. The fourth-order valence-corrected chi connectivity index (χ4v) is 3.63. The number of ether oxygens (including phenoxy) is 2. The molecule has 28 heavy (non-hydrogen) atoms. The summed E-state index contributed by atoms with van der Waals surface area (Å²) in [6.07, 6.45) is 9.85. The van der Waals surface area contributed by atoms with Crippen molar-refractivity contribution in [3.05, 3.63) is 23.8 Å². The summed E-state index contributed by atoms with van der Waals surface area (Å²) in [5, 5.41) is 9.78. The molecule has 1 saturated heterocycles. The lowest BCUT2D eigenvalue weighted by molar-refractivity contribution is -0.146. The van der Waals surface area contributed by atoms with Gasteiger partial charge in [-0.15, -0.1) is 0 Å². The van der Waals surface area contributed by atoms with E-state index in [4.69, 9.17) is 9.47 Å². The van der Waals surface area contributed by atoms with E-state index >= 15 is 0 Å². The minimum Gasteiger partial charge on any atom is -0.463 e. The molecule has 0 aromatic rings. The molecule has 0 bridgehead atoms. The smallest absolute Gasteiger partial charge is 0.334 e. The van der Waals surface area contributed by atoms with Crippen LogP contribution in [0.4, 0.5) is 0 Å². The molecule has 5 nitrogen and oxygen atoms in total. The fourth-order valence-electron chi connectivity index (χ4n) is 3.63. The Labute approximate surface area is 170 Å². The Morgan fingerprint density at radius 3 is 2.46 bits per heavy atom. The highest BCUT2D eigenvalue weighted by Crippen LogP contribution is 2.34. The van der Waals surface area contributed by atoms with Gasteiger partial charge in [-0.2, -0.15) is 0 Å². The number of unbranched alkanes of at least 4 members (excludes halogenated alkanes) is 3. The van der Waals surface area contributed by atoms with E-state index < -0.39 is 17.5 Å². The van der Waals surface area contributed by atoms with Crippen LogP contribution in [0.25, 0.3) is 0 Å². The molecule has 0 unspecified atom stereocenters. The van der Waals surface area contributed by atoms with Gasteiger partial charge in [-0.05, 0) is 36.7 Å². The number of hydrogen-bond acceptors (Lipinski definition) is 5. The molecule has 0 aromatic carbocycles. The van der Waals surface area contributed by atoms with Crippen molar-refractivity contribution >= 4 is 11.9 Å². The van der Waals surface area contributed by atoms with Crippen LogP contribution < -0.4 is 0 Å². The largest absolute Gasteiger partial charge is 0.463 e. The summed E-state index contributed by atoms with van der Waals surface area (Å²) in [5.41, 5.74) is -0.604. The predicted molar refractivity (Wildman–Crippen MR) is 111 cm³/mol. The zero-order chi connectivity index (χ0) is 21.2. The van der Waals surface area contributed by atoms with E-state index in [-0.39, 0.29) is 13.0 Å². The Morgan fingerprint density at radius 2 is 1.89 bits per heavy atom. The molecule has 0 radical (unpaired) electrons. The van der Waals surface area contributed by atoms with Crippen LogP contribution in [0.3, 0.4) is 0 Å². The highest BCUT2D eigenvalue weighted by Gasteiger charge is 2.41. The minimum atomic E-state index is -1.17. The highest BCUT2D eigenvalue weighted by molar-refractivity contribution is 5.92. The van der Waals surface area contributed by atoms with Crippen molar-refractivity contribution in [1.29, 1.82) is 0 Å². The quantitative estimate of drug-likeness (QED) is 0.298. The standard InChI is InChI=1S/C23H38O5/c1-6-7-8-9-14-27-21(25)12-13-23(16-24)15-19(22(26)28-23)10-11-20(17(2)3)18(4)5/h10,12-13,17-18,20,24H,6-9,11,14-16H2,1-5H3/b13-12+,19-10-/t23-/m1/s1. The molecule has 5 heteroatoms. The molecule has 1 fully saturated rings. The zero-order valence-corrected chi connectivity index (χ0v) is 18.2. The summed E-state index contributed by atoms with van der Waals surface area (Å²) in [6, 6.07) is 0. The summed E-state index contributed by atoms with van der Waals surface area (Å²) >= 11 is 0. The number of rotatable bonds is 12. The summed E-state index contributed by atoms with van der Waals surface area (Å²) in [5.74, 6) is 0.616. The van der Waals surface area contributed by atoms with Crippen LogP contribution in [0.15, 0.2) is 23.8 Å². The zero-order valence-electron chi connectivity index (χ0n) is 18.2. The molecule has 0 spiro atoms. The number of aliphatic hydroxyl groups is 1. The van der Waals surface area contributed by atoms with Crippen LogP contribution in [-0.2, 0) is 19.1 Å². The van der Waals surface area contributed by atoms with E-state index in [2.05, 4.69) is 34.6 Å². The second-order valence-corrected chi connectivity index (χ2v) is 8.47. The summed E-state index contributed by atoms with van der Waals surface area (Å²) in [6.45, 7) is 10.9. The Balaban J connectivity index is 2.67. The van der Waals surface area contributed by atoms with Gasteiger partial charge in [0.2, 0.25) is 0 Å². The number of hydrogen-bond donors (Lipinski definition) is 1. The fraction of sp³-hybridized carbons (Fsp3) is 0.739. The van der Waals surface area contributed by atoms with Crippen LogP contribution in [0.1, 0.15) is 73.1 Å². The maximum absolute atomic E-state index is 12.3. The van der Waals surface area contributed by atoms with Crippen LogP contribution in [0.5, 0.6) is 0 Å². The van der Waals surface area contributed by atoms with Gasteiger partial charge in [-0.3, -0.25) is 0 Å². The Bertz CT molecular complexity index is 553. The van der Waals surface area contributed by atoms with Gasteiger partial charge < -0.3 is 14.6 Å². The van der Waals surface area contributed by atoms with Crippen molar-refractivity contribution in [2.24, 2.45) is 17.8 Å². The lowest BCUT2D eigenvalue weighted by Gasteiger charge is -2.23. The van der Waals surface area contributed by atoms with Gasteiger partial charge >= 0.3 is 11.9 Å². The van der Waals surface area contributed by atoms with Crippen molar-refractivity contribution in [2.75, 3.05) is 13.2 Å². The van der Waals surface area contributed by atoms with Gasteiger partial charge in [0, 0.05) is 18.1 Å². The first-order valence-electron chi connectivity index (χ1n) is 10.6. The summed E-state index contributed by atoms with van der Waals surface area (Å²) < 4.78 is 10.6. The lowest BCUT2D eigenvalue weighted by atomic mass is 9.82. The van der Waals surface area contributed by atoms with Gasteiger partial charge in [-0.1, -0.05) is 60.0 Å². The van der Waals surface area contributed by atoms with E-state index in [1.165, 1.54) is 12.2 Å². The van der Waals surface area contributed by atoms with Crippen LogP contribution in [0.2, 0.25) is 0 Å². The van der Waals surface area contributed by atoms with E-state index in [0.29, 0.717) is 29.9 Å². The van der Waals surface area contributed by atoms with Gasteiger partial charge in [0.05, 0.1) is 13.2 Å². The first-order chi connectivity index (χ1) is 13.2. The Morgan fingerprint density at radius 1 is 1.21 bits per heavy atom. The average molecular weight is 395 g/mol. The topological polar surface area (TPSA) is 72.8 Å². The van der Waals surface area contributed by atoms with E-state index in [1.54, 1.807) is 0 Å². The molecule has 1 heterocycles. The molecule has 1 N–H and O–H groups in total. The molecule has 0 aliphatic carbocycles. The van der Waals surface area contributed by atoms with E-state index in [1.807, 2.05) is 6.08 Å². The Hall–Kier alpha value is -1.62. The van der Waals surface area contributed by atoms with Crippen molar-refractivity contribution < 1.29 is 24.2 Å². The molecule has 1 rings (SSSR count). The van der Waals surface area contributed by atoms with E-state index in [0.717, 1.165) is 32.1 Å². The monoisotopic (exact) mass is 394 g/mol. The van der Waals surface area contributed by atoms with Gasteiger partial charge in [0.25, 0.3) is 0 Å². The number of aliphatic hydroxyl groups excluding tert-OH is 1. The van der Waals surface area contributed by atoms with Crippen LogP contribution in [0, 0.1) is 17.8 Å². The molecule has 0 aromatic heterocycles. The third-order valence-electron chi connectivity index (χ3n) is 5.43. The number of carbonyl (C=O) groups is 2. The normalized spacial score (nSPS) is 21.5. The number of cyclic esters (lactones) is 1. The van der Waals surface area contributed by atoms with Crippen LogP contribution >= 0.6 is 0 Å². The van der Waals surface area contributed by atoms with Gasteiger partial charge in [0.1, 0.15) is 0 Å². The van der Waals surface area contributed by atoms with Crippen molar-refractivity contribution in [1.82, 2.24) is 0 Å². The second-order valence-electron chi connectivity index (χ2n) is 8.47. The molecule has 1 aliphatic rings. The molecular formula is C23H38O5.